The van der Waals surface area contributed by atoms with Crippen LogP contribution in [0, 0.1) is 5.92 Å². The molecule has 2 N–H and O–H groups in total. The number of rotatable bonds is 6. The van der Waals surface area contributed by atoms with Crippen LogP contribution in [0.15, 0.2) is 12.5 Å². The van der Waals surface area contributed by atoms with Crippen LogP contribution < -0.4 is 5.73 Å². The lowest BCUT2D eigenvalue weighted by atomic mass is 9.95. The van der Waals surface area contributed by atoms with Crippen LogP contribution in [0.5, 0.6) is 0 Å². The van der Waals surface area contributed by atoms with Crippen LogP contribution in [0.2, 0.25) is 0 Å². The van der Waals surface area contributed by atoms with Gasteiger partial charge in [0.2, 0.25) is 0 Å². The Labute approximate surface area is 110 Å². The third kappa shape index (κ3) is 3.56. The number of likely N-dealkylation sites (tertiary alicyclic amines) is 1. The van der Waals surface area contributed by atoms with Crippen LogP contribution in [0.3, 0.4) is 0 Å². The van der Waals surface area contributed by atoms with Gasteiger partial charge in [0.15, 0.2) is 0 Å². The smallest absolute Gasteiger partial charge is 0.0948 e. The lowest BCUT2D eigenvalue weighted by Crippen LogP contribution is -2.36. The summed E-state index contributed by atoms with van der Waals surface area (Å²) in [6.07, 6.45) is 8.97. The number of imidazole rings is 1. The molecular weight excluding hydrogens is 224 g/mol. The predicted octanol–water partition coefficient (Wildman–Crippen LogP) is 1.85. The molecule has 1 aromatic heterocycles. The van der Waals surface area contributed by atoms with Gasteiger partial charge in [-0.1, -0.05) is 6.92 Å². The second kappa shape index (κ2) is 6.90. The minimum absolute atomic E-state index is 0.797. The molecule has 1 fully saturated rings. The second-order valence-corrected chi connectivity index (χ2v) is 5.40. The van der Waals surface area contributed by atoms with Crippen molar-refractivity contribution in [1.82, 2.24) is 14.5 Å². The van der Waals surface area contributed by atoms with Crippen LogP contribution >= 0.6 is 0 Å². The van der Waals surface area contributed by atoms with Crippen LogP contribution in [0.1, 0.15) is 38.3 Å². The molecule has 0 saturated carbocycles. The average molecular weight is 250 g/mol. The molecule has 2 rings (SSSR count). The minimum atomic E-state index is 0.797. The fourth-order valence-electron chi connectivity index (χ4n) is 2.92. The summed E-state index contributed by atoms with van der Waals surface area (Å²) in [4.78, 5) is 6.84. The standard InChI is InChI=1S/C14H26N4/c1-2-7-18-12-16-9-14(18)11-17-8-3-4-13(10-17)5-6-15/h9,12-13H,2-8,10-11,15H2,1H3. The van der Waals surface area contributed by atoms with Gasteiger partial charge in [0.05, 0.1) is 12.0 Å². The Bertz CT molecular complexity index is 345. The molecule has 4 heteroatoms. The summed E-state index contributed by atoms with van der Waals surface area (Å²) in [5.74, 6) is 0.797. The van der Waals surface area contributed by atoms with Crippen LogP contribution in [0.4, 0.5) is 0 Å². The van der Waals surface area contributed by atoms with Gasteiger partial charge in [0.25, 0.3) is 0 Å². The molecule has 1 aromatic rings. The summed E-state index contributed by atoms with van der Waals surface area (Å²) in [5.41, 5.74) is 7.02. The van der Waals surface area contributed by atoms with Gasteiger partial charge in [-0.25, -0.2) is 4.98 Å². The van der Waals surface area contributed by atoms with Gasteiger partial charge in [-0.3, -0.25) is 4.90 Å². The highest BCUT2D eigenvalue weighted by atomic mass is 15.2. The highest BCUT2D eigenvalue weighted by Crippen LogP contribution is 2.20. The normalized spacial score (nSPS) is 21.3. The maximum absolute atomic E-state index is 5.67. The van der Waals surface area contributed by atoms with Gasteiger partial charge < -0.3 is 10.3 Å². The predicted molar refractivity (Wildman–Crippen MR) is 74.2 cm³/mol. The van der Waals surface area contributed by atoms with Gasteiger partial charge in [0, 0.05) is 25.8 Å². The van der Waals surface area contributed by atoms with Gasteiger partial charge in [-0.2, -0.15) is 0 Å². The van der Waals surface area contributed by atoms with Gasteiger partial charge in [-0.15, -0.1) is 0 Å². The van der Waals surface area contributed by atoms with Crippen molar-refractivity contribution in [1.29, 1.82) is 0 Å². The first-order chi connectivity index (χ1) is 8.83. The summed E-state index contributed by atoms with van der Waals surface area (Å²) in [6.45, 7) is 7.58. The Kier molecular flexibility index (Phi) is 5.20. The largest absolute Gasteiger partial charge is 0.333 e. The van der Waals surface area contributed by atoms with E-state index >= 15 is 0 Å². The average Bonchev–Trinajstić information content (AvgIpc) is 2.78. The molecule has 4 nitrogen and oxygen atoms in total. The summed E-state index contributed by atoms with van der Waals surface area (Å²) in [5, 5.41) is 0. The number of hydrogen-bond donors (Lipinski definition) is 1. The Balaban J connectivity index is 1.89. The van der Waals surface area contributed by atoms with E-state index in [1.165, 1.54) is 44.5 Å². The molecule has 2 heterocycles. The molecule has 0 spiro atoms. The zero-order chi connectivity index (χ0) is 12.8. The molecule has 1 saturated heterocycles. The zero-order valence-electron chi connectivity index (χ0n) is 11.5. The molecule has 0 aromatic carbocycles. The third-order valence-corrected chi connectivity index (χ3v) is 3.83. The SMILES string of the molecule is CCCn1cncc1CN1CCCC(CCN)C1. The molecule has 102 valence electrons. The number of nitrogens with zero attached hydrogens (tertiary/aromatic N) is 3. The number of aryl methyl sites for hydroxylation is 1. The van der Waals surface area contributed by atoms with E-state index in [-0.39, 0.29) is 0 Å². The minimum Gasteiger partial charge on any atom is -0.333 e. The Morgan fingerprint density at radius 2 is 2.39 bits per heavy atom. The number of hydrogen-bond acceptors (Lipinski definition) is 3. The van der Waals surface area contributed by atoms with Gasteiger partial charge >= 0.3 is 0 Å². The van der Waals surface area contributed by atoms with Crippen molar-refractivity contribution in [2.45, 2.75) is 45.7 Å². The highest BCUT2D eigenvalue weighted by molar-refractivity contribution is 4.98. The molecular formula is C14H26N4. The van der Waals surface area contributed by atoms with E-state index < -0.39 is 0 Å². The maximum atomic E-state index is 5.67. The highest BCUT2D eigenvalue weighted by Gasteiger charge is 2.20. The number of aromatic nitrogens is 2. The quantitative estimate of drug-likeness (QED) is 0.838. The molecule has 1 atom stereocenters. The molecule has 0 bridgehead atoms. The van der Waals surface area contributed by atoms with Gasteiger partial charge in [0.1, 0.15) is 0 Å². The van der Waals surface area contributed by atoms with Crippen molar-refractivity contribution >= 4 is 0 Å². The first-order valence-corrected chi connectivity index (χ1v) is 7.25. The van der Waals surface area contributed by atoms with E-state index in [4.69, 9.17) is 5.73 Å². The Hall–Kier alpha value is -0.870. The monoisotopic (exact) mass is 250 g/mol. The zero-order valence-corrected chi connectivity index (χ0v) is 11.5. The first-order valence-electron chi connectivity index (χ1n) is 7.25. The van der Waals surface area contributed by atoms with E-state index in [9.17, 15) is 0 Å². The lowest BCUT2D eigenvalue weighted by molar-refractivity contribution is 0.160. The molecule has 1 aliphatic rings. The second-order valence-electron chi connectivity index (χ2n) is 5.40. The van der Waals surface area contributed by atoms with Crippen LogP contribution in [-0.2, 0) is 13.1 Å². The van der Waals surface area contributed by atoms with Crippen molar-refractivity contribution in [3.8, 4) is 0 Å². The van der Waals surface area contributed by atoms with Gasteiger partial charge in [-0.05, 0) is 44.7 Å². The fourth-order valence-corrected chi connectivity index (χ4v) is 2.92. The fraction of sp³-hybridized carbons (Fsp3) is 0.786. The molecule has 0 radical (unpaired) electrons. The molecule has 0 amide bonds. The Morgan fingerprint density at radius 1 is 1.50 bits per heavy atom. The van der Waals surface area contributed by atoms with Crippen molar-refractivity contribution < 1.29 is 0 Å². The summed E-state index contributed by atoms with van der Waals surface area (Å²) in [6, 6.07) is 0. The number of piperidine rings is 1. The summed E-state index contributed by atoms with van der Waals surface area (Å²) in [7, 11) is 0. The lowest BCUT2D eigenvalue weighted by Gasteiger charge is -2.32. The van der Waals surface area contributed by atoms with E-state index in [1.54, 1.807) is 0 Å². The van der Waals surface area contributed by atoms with Crippen molar-refractivity contribution in [3.63, 3.8) is 0 Å². The van der Waals surface area contributed by atoms with E-state index in [0.29, 0.717) is 0 Å². The third-order valence-electron chi connectivity index (χ3n) is 3.83. The van der Waals surface area contributed by atoms with Crippen molar-refractivity contribution in [2.24, 2.45) is 11.7 Å². The number of nitrogens with two attached hydrogens (primary N) is 1. The topological polar surface area (TPSA) is 47.1 Å². The van der Waals surface area contributed by atoms with Crippen molar-refractivity contribution in [3.05, 3.63) is 18.2 Å². The van der Waals surface area contributed by atoms with E-state index in [0.717, 1.165) is 25.6 Å². The van der Waals surface area contributed by atoms with E-state index in [1.807, 2.05) is 12.5 Å². The van der Waals surface area contributed by atoms with Crippen LogP contribution in [0.25, 0.3) is 0 Å². The maximum Gasteiger partial charge on any atom is 0.0948 e. The van der Waals surface area contributed by atoms with Crippen LogP contribution in [-0.4, -0.2) is 34.1 Å². The Morgan fingerprint density at radius 3 is 3.17 bits per heavy atom. The molecule has 18 heavy (non-hydrogen) atoms. The molecule has 1 unspecified atom stereocenters. The first kappa shape index (κ1) is 13.6. The summed E-state index contributed by atoms with van der Waals surface area (Å²) >= 11 is 0. The summed E-state index contributed by atoms with van der Waals surface area (Å²) < 4.78 is 2.28. The van der Waals surface area contributed by atoms with Crippen molar-refractivity contribution in [2.75, 3.05) is 19.6 Å². The molecule has 1 aliphatic heterocycles. The van der Waals surface area contributed by atoms with E-state index in [2.05, 4.69) is 21.4 Å². The molecule has 0 aliphatic carbocycles.